The summed E-state index contributed by atoms with van der Waals surface area (Å²) in [4.78, 5) is 0. The van der Waals surface area contributed by atoms with Gasteiger partial charge in [0.05, 0.1) is 0 Å². The highest BCUT2D eigenvalue weighted by molar-refractivity contribution is 5.52. The lowest BCUT2D eigenvalue weighted by molar-refractivity contribution is 0.595. The minimum atomic E-state index is 0.640. The van der Waals surface area contributed by atoms with Crippen LogP contribution in [-0.4, -0.2) is 0 Å². The van der Waals surface area contributed by atoms with Gasteiger partial charge in [0.2, 0.25) is 0 Å². The molecule has 0 saturated heterocycles. The summed E-state index contributed by atoms with van der Waals surface area (Å²) in [6.07, 6.45) is 3.65. The Bertz CT molecular complexity index is 271. The van der Waals surface area contributed by atoms with Crippen LogP contribution >= 0.6 is 0 Å². The van der Waals surface area contributed by atoms with E-state index in [-0.39, 0.29) is 0 Å². The molecule has 2 N–H and O–H groups in total. The molecule has 1 heteroatoms. The van der Waals surface area contributed by atoms with E-state index in [1.807, 2.05) is 12.1 Å². The Morgan fingerprint density at radius 1 is 1.29 bits per heavy atom. The summed E-state index contributed by atoms with van der Waals surface area (Å²) in [6.45, 7) is 6.63. The molecule has 0 aliphatic rings. The van der Waals surface area contributed by atoms with Crippen LogP contribution in [0.15, 0.2) is 18.2 Å². The second kappa shape index (κ2) is 5.04. The number of aryl methyl sites for hydroxylation is 1. The van der Waals surface area contributed by atoms with Crippen molar-refractivity contribution in [3.8, 4) is 0 Å². The van der Waals surface area contributed by atoms with E-state index in [9.17, 15) is 0 Å². The Kier molecular flexibility index (Phi) is 3.99. The molecule has 0 saturated carbocycles. The van der Waals surface area contributed by atoms with Gasteiger partial charge in [-0.2, -0.15) is 0 Å². The van der Waals surface area contributed by atoms with Crippen LogP contribution in [0.1, 0.15) is 50.2 Å². The van der Waals surface area contributed by atoms with E-state index in [1.54, 1.807) is 0 Å². The van der Waals surface area contributed by atoms with E-state index in [0.717, 1.165) is 5.69 Å². The predicted molar refractivity (Wildman–Crippen MR) is 63.5 cm³/mol. The number of benzene rings is 1. The fourth-order valence-corrected chi connectivity index (χ4v) is 2.16. The number of hydrogen-bond donors (Lipinski definition) is 1. The smallest absolute Gasteiger partial charge is 0.0352 e. The molecule has 0 aromatic heterocycles. The van der Waals surface area contributed by atoms with E-state index in [4.69, 9.17) is 5.73 Å². The van der Waals surface area contributed by atoms with Gasteiger partial charge in [0, 0.05) is 5.69 Å². The first kappa shape index (κ1) is 11.1. The zero-order valence-electron chi connectivity index (χ0n) is 9.51. The summed E-state index contributed by atoms with van der Waals surface area (Å²) in [7, 11) is 0. The van der Waals surface area contributed by atoms with Crippen molar-refractivity contribution < 1.29 is 0 Å². The SMILES string of the molecule is CCCC(CC)c1c(C)cccc1N. The number of hydrogen-bond acceptors (Lipinski definition) is 1. The van der Waals surface area contributed by atoms with Gasteiger partial charge in [-0.05, 0) is 42.9 Å². The van der Waals surface area contributed by atoms with Crippen molar-refractivity contribution in [3.05, 3.63) is 29.3 Å². The Balaban J connectivity index is 3.02. The Hall–Kier alpha value is -0.980. The van der Waals surface area contributed by atoms with E-state index in [0.29, 0.717) is 5.92 Å². The van der Waals surface area contributed by atoms with Crippen LogP contribution in [0.4, 0.5) is 5.69 Å². The summed E-state index contributed by atoms with van der Waals surface area (Å²) < 4.78 is 0. The molecule has 1 aromatic rings. The van der Waals surface area contributed by atoms with Crippen molar-refractivity contribution in [1.29, 1.82) is 0 Å². The average molecular weight is 191 g/mol. The van der Waals surface area contributed by atoms with Gasteiger partial charge in [-0.25, -0.2) is 0 Å². The third kappa shape index (κ3) is 2.28. The van der Waals surface area contributed by atoms with Crippen LogP contribution in [0.25, 0.3) is 0 Å². The Morgan fingerprint density at radius 2 is 2.00 bits per heavy atom. The largest absolute Gasteiger partial charge is 0.398 e. The minimum Gasteiger partial charge on any atom is -0.398 e. The van der Waals surface area contributed by atoms with E-state index < -0.39 is 0 Å². The highest BCUT2D eigenvalue weighted by Crippen LogP contribution is 2.31. The van der Waals surface area contributed by atoms with Crippen LogP contribution in [0, 0.1) is 6.92 Å². The number of nitrogen functional groups attached to an aromatic ring is 1. The first-order chi connectivity index (χ1) is 6.70. The first-order valence-corrected chi connectivity index (χ1v) is 5.55. The van der Waals surface area contributed by atoms with Crippen molar-refractivity contribution in [2.75, 3.05) is 5.73 Å². The minimum absolute atomic E-state index is 0.640. The predicted octanol–water partition coefficient (Wildman–Crippen LogP) is 3.87. The molecule has 78 valence electrons. The molecule has 0 bridgehead atoms. The maximum Gasteiger partial charge on any atom is 0.0352 e. The Labute approximate surface area is 87.3 Å². The van der Waals surface area contributed by atoms with Crippen molar-refractivity contribution in [3.63, 3.8) is 0 Å². The third-order valence-corrected chi connectivity index (χ3v) is 2.90. The second-order valence-electron chi connectivity index (χ2n) is 3.97. The van der Waals surface area contributed by atoms with Crippen LogP contribution < -0.4 is 5.73 Å². The van der Waals surface area contributed by atoms with Gasteiger partial charge in [0.25, 0.3) is 0 Å². The molecule has 0 aliphatic carbocycles. The monoisotopic (exact) mass is 191 g/mol. The number of rotatable bonds is 4. The molecule has 0 amide bonds. The molecule has 0 fully saturated rings. The van der Waals surface area contributed by atoms with Crippen LogP contribution in [0.5, 0.6) is 0 Å². The lowest BCUT2D eigenvalue weighted by Gasteiger charge is -2.19. The summed E-state index contributed by atoms with van der Waals surface area (Å²) >= 11 is 0. The normalized spacial score (nSPS) is 12.8. The summed E-state index contributed by atoms with van der Waals surface area (Å²) in [5.41, 5.74) is 9.70. The molecule has 0 heterocycles. The highest BCUT2D eigenvalue weighted by Gasteiger charge is 2.13. The van der Waals surface area contributed by atoms with Gasteiger partial charge >= 0.3 is 0 Å². The van der Waals surface area contributed by atoms with Crippen molar-refractivity contribution in [2.24, 2.45) is 0 Å². The van der Waals surface area contributed by atoms with Crippen molar-refractivity contribution in [1.82, 2.24) is 0 Å². The molecular weight excluding hydrogens is 170 g/mol. The van der Waals surface area contributed by atoms with E-state index in [1.165, 1.54) is 30.4 Å². The number of anilines is 1. The number of nitrogens with two attached hydrogens (primary N) is 1. The summed E-state index contributed by atoms with van der Waals surface area (Å²) in [5.74, 6) is 0.640. The zero-order valence-corrected chi connectivity index (χ0v) is 9.51. The van der Waals surface area contributed by atoms with Gasteiger partial charge in [0.1, 0.15) is 0 Å². The van der Waals surface area contributed by atoms with Crippen LogP contribution in [-0.2, 0) is 0 Å². The molecule has 1 aromatic carbocycles. The molecule has 1 nitrogen and oxygen atoms in total. The molecule has 0 radical (unpaired) electrons. The molecule has 0 spiro atoms. The van der Waals surface area contributed by atoms with Gasteiger partial charge in [-0.3, -0.25) is 0 Å². The zero-order chi connectivity index (χ0) is 10.6. The maximum absolute atomic E-state index is 6.03. The maximum atomic E-state index is 6.03. The molecule has 1 atom stereocenters. The second-order valence-corrected chi connectivity index (χ2v) is 3.97. The van der Waals surface area contributed by atoms with E-state index >= 15 is 0 Å². The highest BCUT2D eigenvalue weighted by atomic mass is 14.6. The van der Waals surface area contributed by atoms with Gasteiger partial charge in [0.15, 0.2) is 0 Å². The fraction of sp³-hybridized carbons (Fsp3) is 0.538. The van der Waals surface area contributed by atoms with Gasteiger partial charge in [-0.1, -0.05) is 32.4 Å². The Morgan fingerprint density at radius 3 is 2.50 bits per heavy atom. The quantitative estimate of drug-likeness (QED) is 0.718. The third-order valence-electron chi connectivity index (χ3n) is 2.90. The lowest BCUT2D eigenvalue weighted by Crippen LogP contribution is -2.04. The molecular formula is C13H21N. The average Bonchev–Trinajstić information content (AvgIpc) is 2.16. The summed E-state index contributed by atoms with van der Waals surface area (Å²) in [5, 5.41) is 0. The van der Waals surface area contributed by atoms with E-state index in [2.05, 4.69) is 26.8 Å². The van der Waals surface area contributed by atoms with Gasteiger partial charge < -0.3 is 5.73 Å². The van der Waals surface area contributed by atoms with Crippen LogP contribution in [0.3, 0.4) is 0 Å². The standard InChI is InChI=1S/C13H21N/c1-4-7-11(5-2)13-10(3)8-6-9-12(13)14/h6,8-9,11H,4-5,7,14H2,1-3H3. The lowest BCUT2D eigenvalue weighted by atomic mass is 9.88. The van der Waals surface area contributed by atoms with Crippen molar-refractivity contribution >= 4 is 5.69 Å². The molecule has 0 aliphatic heterocycles. The van der Waals surface area contributed by atoms with Crippen molar-refractivity contribution in [2.45, 2.75) is 46.0 Å². The van der Waals surface area contributed by atoms with Gasteiger partial charge in [-0.15, -0.1) is 0 Å². The first-order valence-electron chi connectivity index (χ1n) is 5.55. The summed E-state index contributed by atoms with van der Waals surface area (Å²) in [6, 6.07) is 6.21. The topological polar surface area (TPSA) is 26.0 Å². The van der Waals surface area contributed by atoms with Crippen LogP contribution in [0.2, 0.25) is 0 Å². The molecule has 1 unspecified atom stereocenters. The fourth-order valence-electron chi connectivity index (χ4n) is 2.16. The molecule has 14 heavy (non-hydrogen) atoms. The molecule has 1 rings (SSSR count).